The fraction of sp³-hybridized carbons (Fsp3) is 0.438. The molecule has 0 saturated carbocycles. The Kier molecular flexibility index (Phi) is 4.72. The number of nitrogens with one attached hydrogen (secondary N) is 1. The number of ether oxygens (including phenoxy) is 2. The van der Waals surface area contributed by atoms with Crippen molar-refractivity contribution < 1.29 is 9.47 Å². The molecule has 4 nitrogen and oxygen atoms in total. The van der Waals surface area contributed by atoms with Crippen LogP contribution in [0.1, 0.15) is 36.4 Å². The zero-order chi connectivity index (χ0) is 14.5. The van der Waals surface area contributed by atoms with Crippen molar-refractivity contribution in [2.75, 3.05) is 13.2 Å². The van der Waals surface area contributed by atoms with Crippen molar-refractivity contribution >= 4 is 11.3 Å². The van der Waals surface area contributed by atoms with Gasteiger partial charge in [0.1, 0.15) is 5.01 Å². The van der Waals surface area contributed by atoms with Crippen molar-refractivity contribution in [2.24, 2.45) is 0 Å². The van der Waals surface area contributed by atoms with E-state index in [9.17, 15) is 0 Å². The second kappa shape index (κ2) is 6.91. The molecule has 0 saturated heterocycles. The zero-order valence-corrected chi connectivity index (χ0v) is 13.0. The summed E-state index contributed by atoms with van der Waals surface area (Å²) in [6.07, 6.45) is 3.80. The zero-order valence-electron chi connectivity index (χ0n) is 12.2. The van der Waals surface area contributed by atoms with Crippen LogP contribution in [0.5, 0.6) is 11.5 Å². The third-order valence-electron chi connectivity index (χ3n) is 3.55. The Morgan fingerprint density at radius 1 is 1.33 bits per heavy atom. The molecule has 5 heteroatoms. The lowest BCUT2D eigenvalue weighted by Crippen LogP contribution is -2.20. The number of aromatic nitrogens is 1. The molecule has 0 bridgehead atoms. The van der Waals surface area contributed by atoms with Gasteiger partial charge in [0, 0.05) is 30.1 Å². The van der Waals surface area contributed by atoms with Crippen LogP contribution >= 0.6 is 11.3 Å². The molecule has 1 aliphatic heterocycles. The second-order valence-electron chi connectivity index (χ2n) is 5.01. The van der Waals surface area contributed by atoms with Crippen LogP contribution in [-0.2, 0) is 6.54 Å². The van der Waals surface area contributed by atoms with Crippen LogP contribution in [0, 0.1) is 0 Å². The molecule has 2 heterocycles. The predicted octanol–water partition coefficient (Wildman–Crippen LogP) is 3.55. The Morgan fingerprint density at radius 3 is 3.05 bits per heavy atom. The first kappa shape index (κ1) is 14.4. The molecule has 0 spiro atoms. The minimum absolute atomic E-state index is 0.285. The Labute approximate surface area is 129 Å². The van der Waals surface area contributed by atoms with Gasteiger partial charge in [0.05, 0.1) is 19.3 Å². The van der Waals surface area contributed by atoms with E-state index < -0.39 is 0 Å². The van der Waals surface area contributed by atoms with Crippen LogP contribution < -0.4 is 14.8 Å². The third kappa shape index (κ3) is 3.36. The maximum Gasteiger partial charge on any atom is 0.165 e. The summed E-state index contributed by atoms with van der Waals surface area (Å²) in [6, 6.07) is 6.37. The van der Waals surface area contributed by atoms with Crippen LogP contribution in [0.3, 0.4) is 0 Å². The molecule has 3 rings (SSSR count). The SMILES string of the molecule is CCC(NCc1cccc2c1OCCCO2)c1nccs1. The average molecular weight is 304 g/mol. The molecule has 1 aromatic heterocycles. The van der Waals surface area contributed by atoms with Crippen LogP contribution in [0.4, 0.5) is 0 Å². The second-order valence-corrected chi connectivity index (χ2v) is 5.93. The molecule has 0 amide bonds. The summed E-state index contributed by atoms with van der Waals surface area (Å²) in [5, 5.41) is 6.73. The van der Waals surface area contributed by atoms with Gasteiger partial charge in [-0.3, -0.25) is 0 Å². The number of hydrogen-bond donors (Lipinski definition) is 1. The Morgan fingerprint density at radius 2 is 2.24 bits per heavy atom. The molecule has 0 fully saturated rings. The first-order valence-electron chi connectivity index (χ1n) is 7.38. The van der Waals surface area contributed by atoms with Crippen molar-refractivity contribution in [1.82, 2.24) is 10.3 Å². The molecule has 1 unspecified atom stereocenters. The number of benzene rings is 1. The summed E-state index contributed by atoms with van der Waals surface area (Å²) in [5.41, 5.74) is 1.14. The minimum atomic E-state index is 0.285. The Bertz CT molecular complexity index is 572. The van der Waals surface area contributed by atoms with Gasteiger partial charge in [-0.1, -0.05) is 19.1 Å². The summed E-state index contributed by atoms with van der Waals surface area (Å²) in [7, 11) is 0. The summed E-state index contributed by atoms with van der Waals surface area (Å²) in [4.78, 5) is 4.40. The van der Waals surface area contributed by atoms with E-state index in [0.717, 1.165) is 48.1 Å². The standard InChI is InChI=1S/C16H20N2O2S/c1-2-13(16-17-7-10-21-16)18-11-12-5-3-6-14-15(12)20-9-4-8-19-14/h3,5-7,10,13,18H,2,4,8-9,11H2,1H3. The number of nitrogens with zero attached hydrogens (tertiary/aromatic N) is 1. The van der Waals surface area contributed by atoms with Gasteiger partial charge in [0.25, 0.3) is 0 Å². The van der Waals surface area contributed by atoms with Crippen molar-refractivity contribution in [3.63, 3.8) is 0 Å². The maximum absolute atomic E-state index is 5.86. The quantitative estimate of drug-likeness (QED) is 0.917. The van der Waals surface area contributed by atoms with Crippen LogP contribution in [0.2, 0.25) is 0 Å². The van der Waals surface area contributed by atoms with Gasteiger partial charge in [0.2, 0.25) is 0 Å². The lowest BCUT2D eigenvalue weighted by Gasteiger charge is -2.17. The van der Waals surface area contributed by atoms with Crippen molar-refractivity contribution in [3.05, 3.63) is 40.3 Å². The molecule has 1 atom stereocenters. The summed E-state index contributed by atoms with van der Waals surface area (Å²) in [6.45, 7) is 4.36. The first-order chi connectivity index (χ1) is 10.4. The predicted molar refractivity (Wildman–Crippen MR) is 84.0 cm³/mol. The minimum Gasteiger partial charge on any atom is -0.490 e. The van der Waals surface area contributed by atoms with Gasteiger partial charge in [-0.15, -0.1) is 11.3 Å². The number of fused-ring (bicyclic) bond motifs is 1. The topological polar surface area (TPSA) is 43.4 Å². The monoisotopic (exact) mass is 304 g/mol. The fourth-order valence-electron chi connectivity index (χ4n) is 2.44. The number of para-hydroxylation sites is 1. The summed E-state index contributed by atoms with van der Waals surface area (Å²) >= 11 is 1.69. The van der Waals surface area contributed by atoms with Gasteiger partial charge in [-0.2, -0.15) is 0 Å². The number of hydrogen-bond acceptors (Lipinski definition) is 5. The van der Waals surface area contributed by atoms with E-state index in [1.165, 1.54) is 0 Å². The third-order valence-corrected chi connectivity index (χ3v) is 4.44. The summed E-state index contributed by atoms with van der Waals surface area (Å²) in [5.74, 6) is 1.74. The molecule has 0 radical (unpaired) electrons. The van der Waals surface area contributed by atoms with Gasteiger partial charge in [-0.25, -0.2) is 4.98 Å². The lowest BCUT2D eigenvalue weighted by atomic mass is 10.1. The average Bonchev–Trinajstić information content (AvgIpc) is 2.93. The highest BCUT2D eigenvalue weighted by molar-refractivity contribution is 7.09. The van der Waals surface area contributed by atoms with E-state index >= 15 is 0 Å². The number of thiazole rings is 1. The smallest absolute Gasteiger partial charge is 0.165 e. The van der Waals surface area contributed by atoms with Crippen molar-refractivity contribution in [3.8, 4) is 11.5 Å². The maximum atomic E-state index is 5.86. The van der Waals surface area contributed by atoms with Crippen LogP contribution in [0.25, 0.3) is 0 Å². The van der Waals surface area contributed by atoms with Crippen LogP contribution in [0.15, 0.2) is 29.8 Å². The van der Waals surface area contributed by atoms with Gasteiger partial charge in [-0.05, 0) is 12.5 Å². The molecular formula is C16H20N2O2S. The molecular weight excluding hydrogens is 284 g/mol. The highest BCUT2D eigenvalue weighted by Crippen LogP contribution is 2.33. The molecule has 112 valence electrons. The van der Waals surface area contributed by atoms with Gasteiger partial charge >= 0.3 is 0 Å². The molecule has 21 heavy (non-hydrogen) atoms. The largest absolute Gasteiger partial charge is 0.490 e. The Hall–Kier alpha value is -1.59. The highest BCUT2D eigenvalue weighted by Gasteiger charge is 2.16. The molecule has 1 aliphatic rings. The van der Waals surface area contributed by atoms with E-state index in [0.29, 0.717) is 6.61 Å². The molecule has 1 aromatic carbocycles. The van der Waals surface area contributed by atoms with E-state index in [1.54, 1.807) is 11.3 Å². The van der Waals surface area contributed by atoms with Gasteiger partial charge < -0.3 is 14.8 Å². The van der Waals surface area contributed by atoms with Crippen LogP contribution in [-0.4, -0.2) is 18.2 Å². The van der Waals surface area contributed by atoms with E-state index in [2.05, 4.69) is 23.3 Å². The van der Waals surface area contributed by atoms with E-state index in [-0.39, 0.29) is 6.04 Å². The van der Waals surface area contributed by atoms with Gasteiger partial charge in [0.15, 0.2) is 11.5 Å². The lowest BCUT2D eigenvalue weighted by molar-refractivity contribution is 0.295. The summed E-state index contributed by atoms with van der Waals surface area (Å²) < 4.78 is 11.6. The number of rotatable bonds is 5. The van der Waals surface area contributed by atoms with Crippen molar-refractivity contribution in [2.45, 2.75) is 32.4 Å². The normalized spacial score (nSPS) is 15.5. The van der Waals surface area contributed by atoms with E-state index in [4.69, 9.17) is 9.47 Å². The Balaban J connectivity index is 1.73. The molecule has 1 N–H and O–H groups in total. The fourth-order valence-corrected chi connectivity index (χ4v) is 3.24. The van der Waals surface area contributed by atoms with Crippen molar-refractivity contribution in [1.29, 1.82) is 0 Å². The van der Waals surface area contributed by atoms with E-state index in [1.807, 2.05) is 23.7 Å². The first-order valence-corrected chi connectivity index (χ1v) is 8.26. The molecule has 0 aliphatic carbocycles. The molecule has 2 aromatic rings. The highest BCUT2D eigenvalue weighted by atomic mass is 32.1.